The van der Waals surface area contributed by atoms with E-state index < -0.39 is 0 Å². The van der Waals surface area contributed by atoms with Crippen LogP contribution >= 0.6 is 11.6 Å². The van der Waals surface area contributed by atoms with E-state index in [2.05, 4.69) is 47.6 Å². The lowest BCUT2D eigenvalue weighted by atomic mass is 9.89. The molecule has 0 radical (unpaired) electrons. The lowest BCUT2D eigenvalue weighted by Gasteiger charge is -2.11. The summed E-state index contributed by atoms with van der Waals surface area (Å²) in [5, 5.41) is 0. The van der Waals surface area contributed by atoms with Crippen LogP contribution in [0.25, 0.3) is 0 Å². The average molecular weight is 199 g/mol. The largest absolute Gasteiger partial charge is 0.359 e. The Hall–Kier alpha value is -0.370. The van der Waals surface area contributed by atoms with E-state index in [0.29, 0.717) is 0 Å². The zero-order chi connectivity index (χ0) is 10.3. The van der Waals surface area contributed by atoms with Crippen LogP contribution in [0.3, 0.4) is 0 Å². The summed E-state index contributed by atoms with van der Waals surface area (Å²) in [6.07, 6.45) is 0. The van der Waals surface area contributed by atoms with Crippen LogP contribution in [0.2, 0.25) is 0 Å². The molecule has 13 heavy (non-hydrogen) atoms. The van der Waals surface area contributed by atoms with Gasteiger partial charge in [0.15, 0.2) is 0 Å². The van der Waals surface area contributed by atoms with E-state index in [1.807, 2.05) is 0 Å². The molecule has 0 aromatic carbocycles. The average Bonchev–Trinajstić information content (AvgIpc) is 2.28. The van der Waals surface area contributed by atoms with Crippen LogP contribution in [-0.2, 0) is 10.8 Å². The molecule has 0 bridgehead atoms. The van der Waals surface area contributed by atoms with E-state index in [9.17, 15) is 0 Å². The Morgan fingerprint density at radius 3 is 1.77 bits per heavy atom. The molecule has 2 heteroatoms. The Morgan fingerprint density at radius 1 is 1.00 bits per heavy atom. The molecule has 0 aliphatic heterocycles. The second-order valence-corrected chi connectivity index (χ2v) is 6.31. The van der Waals surface area contributed by atoms with Gasteiger partial charge < -0.3 is 0 Å². The van der Waals surface area contributed by atoms with Crippen LogP contribution in [0.1, 0.15) is 52.2 Å². The van der Waals surface area contributed by atoms with E-state index in [0.717, 1.165) is 5.76 Å². The highest BCUT2D eigenvalue weighted by Crippen LogP contribution is 2.33. The zero-order valence-corrected chi connectivity index (χ0v) is 10.2. The molecular weight excluding hydrogens is 180 g/mol. The predicted molar refractivity (Wildman–Crippen MR) is 58.4 cm³/mol. The fourth-order valence-electron chi connectivity index (χ4n) is 0.940. The van der Waals surface area contributed by atoms with Gasteiger partial charge in [-0.3, -0.25) is 0 Å². The monoisotopic (exact) mass is 199 g/mol. The van der Waals surface area contributed by atoms with Crippen molar-refractivity contribution in [3.05, 3.63) is 16.7 Å². The van der Waals surface area contributed by atoms with Crippen molar-refractivity contribution in [2.24, 2.45) is 0 Å². The molecule has 1 aromatic heterocycles. The fourth-order valence-corrected chi connectivity index (χ4v) is 1.82. The Balaban J connectivity index is 3.01. The molecule has 74 valence electrons. The normalized spacial score (nSPS) is 13.4. The maximum Gasteiger partial charge on any atom is 0.359 e. The summed E-state index contributed by atoms with van der Waals surface area (Å²) in [5.41, 5.74) is 0.331. The Labute approximate surface area is 85.0 Å². The van der Waals surface area contributed by atoms with Gasteiger partial charge in [-0.15, -0.1) is 3.85 Å². The van der Waals surface area contributed by atoms with Gasteiger partial charge in [0, 0.05) is 5.41 Å². The summed E-state index contributed by atoms with van der Waals surface area (Å²) in [6, 6.07) is 2.19. The first-order chi connectivity index (χ1) is 5.71. The quantitative estimate of drug-likeness (QED) is 0.569. The van der Waals surface area contributed by atoms with Crippen LogP contribution in [0.5, 0.6) is 0 Å². The van der Waals surface area contributed by atoms with Crippen molar-refractivity contribution >= 4 is 11.6 Å². The molecule has 1 rings (SSSR count). The van der Waals surface area contributed by atoms with Gasteiger partial charge in [-0.25, -0.2) is 0 Å². The van der Waals surface area contributed by atoms with E-state index >= 15 is 0 Å². The van der Waals surface area contributed by atoms with E-state index in [1.165, 1.54) is 16.5 Å². The minimum Gasteiger partial charge on any atom is -0.139 e. The number of hydrogen-bond acceptors (Lipinski definition) is 1. The standard InChI is InChI=1S/C11H19OS/c1-10(2,3)8-7-9(13-12-8)11(4,5)6/h7H,1-6H3/q+1. The maximum absolute atomic E-state index is 5.60. The fraction of sp³-hybridized carbons (Fsp3) is 0.727. The van der Waals surface area contributed by atoms with Crippen molar-refractivity contribution in [2.45, 2.75) is 52.4 Å². The third-order valence-electron chi connectivity index (χ3n) is 1.96. The number of hydrogen-bond donors (Lipinski definition) is 0. The van der Waals surface area contributed by atoms with Gasteiger partial charge in [-0.1, -0.05) is 20.8 Å². The lowest BCUT2D eigenvalue weighted by molar-refractivity contribution is 0.457. The third-order valence-corrected chi connectivity index (χ3v) is 3.13. The van der Waals surface area contributed by atoms with Crippen molar-refractivity contribution in [2.75, 3.05) is 0 Å². The first-order valence-corrected chi connectivity index (χ1v) is 5.39. The molecule has 0 fully saturated rings. The molecule has 0 unspecified atom stereocenters. The van der Waals surface area contributed by atoms with Crippen molar-refractivity contribution in [1.82, 2.24) is 0 Å². The van der Waals surface area contributed by atoms with Crippen LogP contribution in [0, 0.1) is 0 Å². The topological polar surface area (TPSA) is 11.3 Å². The van der Waals surface area contributed by atoms with Crippen molar-refractivity contribution in [3.63, 3.8) is 0 Å². The van der Waals surface area contributed by atoms with Crippen molar-refractivity contribution in [3.8, 4) is 0 Å². The minimum absolute atomic E-state index is 0.125. The summed E-state index contributed by atoms with van der Waals surface area (Å²) in [6.45, 7) is 13.1. The second kappa shape index (κ2) is 3.09. The molecule has 0 saturated heterocycles. The molecule has 1 nitrogen and oxygen atoms in total. The van der Waals surface area contributed by atoms with Gasteiger partial charge in [0.2, 0.25) is 0 Å². The molecular formula is C11H19OS+. The van der Waals surface area contributed by atoms with Gasteiger partial charge in [0.05, 0.1) is 11.5 Å². The van der Waals surface area contributed by atoms with Crippen LogP contribution in [-0.4, -0.2) is 0 Å². The lowest BCUT2D eigenvalue weighted by Crippen LogP contribution is -2.11. The Bertz CT molecular complexity index is 257. The second-order valence-electron chi connectivity index (χ2n) is 5.54. The molecule has 0 N–H and O–H groups in total. The smallest absolute Gasteiger partial charge is 0.139 e. The van der Waals surface area contributed by atoms with Crippen LogP contribution < -0.4 is 0 Å². The molecule has 0 saturated carbocycles. The summed E-state index contributed by atoms with van der Waals surface area (Å²) < 4.78 is 5.60. The molecule has 0 spiro atoms. The highest BCUT2D eigenvalue weighted by Gasteiger charge is 2.33. The SMILES string of the molecule is CC(C)(C)c1cc(C(C)(C)C)s[o+]1. The van der Waals surface area contributed by atoms with Gasteiger partial charge in [0.1, 0.15) is 4.88 Å². The molecule has 0 amide bonds. The van der Waals surface area contributed by atoms with E-state index in [-0.39, 0.29) is 10.8 Å². The summed E-state index contributed by atoms with van der Waals surface area (Å²) >= 11 is 1.51. The Morgan fingerprint density at radius 2 is 1.54 bits per heavy atom. The highest BCUT2D eigenvalue weighted by molar-refractivity contribution is 7.03. The number of rotatable bonds is 0. The molecule has 0 aliphatic rings. The van der Waals surface area contributed by atoms with Crippen molar-refractivity contribution < 1.29 is 3.85 Å². The van der Waals surface area contributed by atoms with Gasteiger partial charge in [0.25, 0.3) is 0 Å². The van der Waals surface area contributed by atoms with Gasteiger partial charge in [-0.2, -0.15) is 0 Å². The molecule has 0 aliphatic carbocycles. The first-order valence-electron chi connectivity index (χ1n) is 4.65. The van der Waals surface area contributed by atoms with Gasteiger partial charge in [-0.05, 0) is 20.8 Å². The van der Waals surface area contributed by atoms with Crippen molar-refractivity contribution in [1.29, 1.82) is 0 Å². The zero-order valence-electron chi connectivity index (χ0n) is 9.39. The summed E-state index contributed by atoms with van der Waals surface area (Å²) in [4.78, 5) is 1.32. The van der Waals surface area contributed by atoms with E-state index in [4.69, 9.17) is 3.85 Å². The minimum atomic E-state index is 0.125. The van der Waals surface area contributed by atoms with Crippen LogP contribution in [0.4, 0.5) is 0 Å². The third kappa shape index (κ3) is 2.53. The van der Waals surface area contributed by atoms with Crippen LogP contribution in [0.15, 0.2) is 9.92 Å². The maximum atomic E-state index is 5.60. The highest BCUT2D eigenvalue weighted by atomic mass is 32.1. The van der Waals surface area contributed by atoms with Gasteiger partial charge >= 0.3 is 17.4 Å². The molecule has 0 atom stereocenters. The van der Waals surface area contributed by atoms with E-state index in [1.54, 1.807) is 0 Å². The molecule has 1 heterocycles. The Kier molecular flexibility index (Phi) is 2.54. The predicted octanol–water partition coefficient (Wildman–Crippen LogP) is 4.22. The summed E-state index contributed by atoms with van der Waals surface area (Å²) in [7, 11) is 0. The first kappa shape index (κ1) is 10.7. The summed E-state index contributed by atoms with van der Waals surface area (Å²) in [5.74, 6) is 1.09. The molecule has 1 aromatic rings.